The van der Waals surface area contributed by atoms with E-state index in [4.69, 9.17) is 15.2 Å². The van der Waals surface area contributed by atoms with Gasteiger partial charge in [-0.1, -0.05) is 36.8 Å². The molecular formula is C16H25NO2. The first-order valence-corrected chi connectivity index (χ1v) is 7.26. The number of hydrogen-bond donors (Lipinski definition) is 1. The summed E-state index contributed by atoms with van der Waals surface area (Å²) < 4.78 is 11.7. The molecule has 1 saturated heterocycles. The van der Waals surface area contributed by atoms with Crippen LogP contribution in [-0.4, -0.2) is 25.4 Å². The smallest absolute Gasteiger partial charge is 0.0979 e. The predicted octanol–water partition coefficient (Wildman–Crippen LogP) is 2.97. The molecule has 1 aliphatic rings. The van der Waals surface area contributed by atoms with Crippen LogP contribution >= 0.6 is 0 Å². The van der Waals surface area contributed by atoms with Crippen LogP contribution in [-0.2, 0) is 9.47 Å². The third-order valence-electron chi connectivity index (χ3n) is 3.74. The average Bonchev–Trinajstić information content (AvgIpc) is 2.45. The zero-order chi connectivity index (χ0) is 13.7. The lowest BCUT2D eigenvalue weighted by molar-refractivity contribution is -0.0778. The third kappa shape index (κ3) is 4.03. The molecule has 1 aliphatic heterocycles. The van der Waals surface area contributed by atoms with E-state index in [-0.39, 0.29) is 18.2 Å². The molecule has 1 fully saturated rings. The van der Waals surface area contributed by atoms with Gasteiger partial charge in [0.25, 0.3) is 0 Å². The molecule has 2 unspecified atom stereocenters. The van der Waals surface area contributed by atoms with Gasteiger partial charge in [0.15, 0.2) is 0 Å². The Hall–Kier alpha value is -0.900. The van der Waals surface area contributed by atoms with Crippen LogP contribution in [0.15, 0.2) is 24.3 Å². The van der Waals surface area contributed by atoms with E-state index < -0.39 is 0 Å². The van der Waals surface area contributed by atoms with E-state index in [0.717, 1.165) is 32.5 Å². The molecule has 0 spiro atoms. The molecule has 0 amide bonds. The molecule has 1 heterocycles. The van der Waals surface area contributed by atoms with Gasteiger partial charge >= 0.3 is 0 Å². The predicted molar refractivity (Wildman–Crippen MR) is 77.1 cm³/mol. The molecule has 2 rings (SSSR count). The second kappa shape index (κ2) is 7.04. The van der Waals surface area contributed by atoms with Crippen LogP contribution in [0.2, 0.25) is 0 Å². The zero-order valence-corrected chi connectivity index (χ0v) is 12.0. The average molecular weight is 263 g/mol. The summed E-state index contributed by atoms with van der Waals surface area (Å²) in [7, 11) is 0. The minimum atomic E-state index is -0.00648. The first kappa shape index (κ1) is 14.5. The molecule has 0 aromatic heterocycles. The molecule has 2 atom stereocenters. The fraction of sp³-hybridized carbons (Fsp3) is 0.625. The summed E-state index contributed by atoms with van der Waals surface area (Å²) in [6.45, 7) is 5.81. The molecule has 1 aromatic rings. The first-order valence-electron chi connectivity index (χ1n) is 7.26. The van der Waals surface area contributed by atoms with Crippen LogP contribution < -0.4 is 5.73 Å². The van der Waals surface area contributed by atoms with E-state index in [1.54, 1.807) is 0 Å². The standard InChI is InChI=1S/C16H25NO2/c1-3-15(17)16(13-6-4-5-12(2)11-13)19-14-7-9-18-10-8-14/h4-6,11,14-16H,3,7-10,17H2,1-2H3. The first-order chi connectivity index (χ1) is 9.20. The van der Waals surface area contributed by atoms with Crippen LogP contribution in [0, 0.1) is 6.92 Å². The highest BCUT2D eigenvalue weighted by atomic mass is 16.5. The van der Waals surface area contributed by atoms with Gasteiger partial charge in [0.1, 0.15) is 0 Å². The van der Waals surface area contributed by atoms with Crippen molar-refractivity contribution in [2.24, 2.45) is 5.73 Å². The summed E-state index contributed by atoms with van der Waals surface area (Å²) in [5.41, 5.74) is 8.71. The second-order valence-electron chi connectivity index (χ2n) is 5.35. The van der Waals surface area contributed by atoms with E-state index in [2.05, 4.69) is 38.1 Å². The minimum absolute atomic E-state index is 0.00648. The normalized spacial score (nSPS) is 20.2. The number of aryl methyl sites for hydroxylation is 1. The van der Waals surface area contributed by atoms with Gasteiger partial charge in [0.2, 0.25) is 0 Å². The summed E-state index contributed by atoms with van der Waals surface area (Å²) >= 11 is 0. The monoisotopic (exact) mass is 263 g/mol. The van der Waals surface area contributed by atoms with E-state index in [1.165, 1.54) is 11.1 Å². The second-order valence-corrected chi connectivity index (χ2v) is 5.35. The molecule has 0 aliphatic carbocycles. The van der Waals surface area contributed by atoms with E-state index >= 15 is 0 Å². The maximum Gasteiger partial charge on any atom is 0.0979 e. The fourth-order valence-electron chi connectivity index (χ4n) is 2.51. The largest absolute Gasteiger partial charge is 0.381 e. The molecule has 19 heavy (non-hydrogen) atoms. The van der Waals surface area contributed by atoms with Gasteiger partial charge in [0, 0.05) is 19.3 Å². The highest BCUT2D eigenvalue weighted by molar-refractivity contribution is 5.25. The maximum atomic E-state index is 6.28. The maximum absolute atomic E-state index is 6.28. The Morgan fingerprint density at radius 3 is 2.74 bits per heavy atom. The quantitative estimate of drug-likeness (QED) is 0.888. The van der Waals surface area contributed by atoms with Crippen molar-refractivity contribution in [2.45, 2.75) is 51.4 Å². The van der Waals surface area contributed by atoms with E-state index in [1.807, 2.05) is 0 Å². The molecule has 106 valence electrons. The Morgan fingerprint density at radius 1 is 1.37 bits per heavy atom. The SMILES string of the molecule is CCC(N)C(OC1CCOCC1)c1cccc(C)c1. The highest BCUT2D eigenvalue weighted by Crippen LogP contribution is 2.27. The molecule has 3 heteroatoms. The molecule has 0 radical (unpaired) electrons. The van der Waals surface area contributed by atoms with Crippen molar-refractivity contribution in [1.82, 2.24) is 0 Å². The molecular weight excluding hydrogens is 238 g/mol. The molecule has 2 N–H and O–H groups in total. The van der Waals surface area contributed by atoms with Crippen LogP contribution in [0.3, 0.4) is 0 Å². The van der Waals surface area contributed by atoms with Gasteiger partial charge in [-0.15, -0.1) is 0 Å². The van der Waals surface area contributed by atoms with Crippen molar-refractivity contribution < 1.29 is 9.47 Å². The lowest BCUT2D eigenvalue weighted by atomic mass is 9.98. The Balaban J connectivity index is 2.11. The number of hydrogen-bond acceptors (Lipinski definition) is 3. The van der Waals surface area contributed by atoms with Crippen molar-refractivity contribution in [3.8, 4) is 0 Å². The van der Waals surface area contributed by atoms with Gasteiger partial charge in [-0.05, 0) is 31.7 Å². The summed E-state index contributed by atoms with van der Waals surface area (Å²) in [5.74, 6) is 0. The van der Waals surface area contributed by atoms with Crippen molar-refractivity contribution >= 4 is 0 Å². The fourth-order valence-corrected chi connectivity index (χ4v) is 2.51. The van der Waals surface area contributed by atoms with Crippen molar-refractivity contribution in [3.63, 3.8) is 0 Å². The highest BCUT2D eigenvalue weighted by Gasteiger charge is 2.25. The number of nitrogens with two attached hydrogens (primary N) is 1. The van der Waals surface area contributed by atoms with Crippen molar-refractivity contribution in [1.29, 1.82) is 0 Å². The molecule has 0 bridgehead atoms. The van der Waals surface area contributed by atoms with E-state index in [0.29, 0.717) is 0 Å². The van der Waals surface area contributed by atoms with Crippen LogP contribution in [0.5, 0.6) is 0 Å². The Morgan fingerprint density at radius 2 is 2.11 bits per heavy atom. The van der Waals surface area contributed by atoms with Gasteiger partial charge in [-0.3, -0.25) is 0 Å². The summed E-state index contributed by atoms with van der Waals surface area (Å²) in [6, 6.07) is 8.52. The zero-order valence-electron chi connectivity index (χ0n) is 12.0. The molecule has 1 aromatic carbocycles. The van der Waals surface area contributed by atoms with Crippen molar-refractivity contribution in [2.75, 3.05) is 13.2 Å². The Bertz CT molecular complexity index is 388. The van der Waals surface area contributed by atoms with E-state index in [9.17, 15) is 0 Å². The van der Waals surface area contributed by atoms with Gasteiger partial charge in [0.05, 0.1) is 12.2 Å². The van der Waals surface area contributed by atoms with Gasteiger partial charge in [-0.25, -0.2) is 0 Å². The number of rotatable bonds is 5. The van der Waals surface area contributed by atoms with Crippen LogP contribution in [0.4, 0.5) is 0 Å². The van der Waals surface area contributed by atoms with Gasteiger partial charge < -0.3 is 15.2 Å². The lowest BCUT2D eigenvalue weighted by Crippen LogP contribution is -2.34. The van der Waals surface area contributed by atoms with Crippen LogP contribution in [0.25, 0.3) is 0 Å². The van der Waals surface area contributed by atoms with Crippen LogP contribution in [0.1, 0.15) is 43.4 Å². The Labute approximate surface area is 116 Å². The van der Waals surface area contributed by atoms with Gasteiger partial charge in [-0.2, -0.15) is 0 Å². The number of benzene rings is 1. The topological polar surface area (TPSA) is 44.5 Å². The number of ether oxygens (including phenoxy) is 2. The summed E-state index contributed by atoms with van der Waals surface area (Å²) in [5, 5.41) is 0. The molecule has 0 saturated carbocycles. The third-order valence-corrected chi connectivity index (χ3v) is 3.74. The van der Waals surface area contributed by atoms with Crippen molar-refractivity contribution in [3.05, 3.63) is 35.4 Å². The Kier molecular flexibility index (Phi) is 5.37. The minimum Gasteiger partial charge on any atom is -0.381 e. The molecule has 3 nitrogen and oxygen atoms in total. The summed E-state index contributed by atoms with van der Waals surface area (Å²) in [4.78, 5) is 0. The lowest BCUT2D eigenvalue weighted by Gasteiger charge is -2.31. The summed E-state index contributed by atoms with van der Waals surface area (Å²) in [6.07, 6.45) is 3.13.